The maximum Gasteiger partial charge on any atom is 0.212 e. The molecule has 0 fully saturated rings. The van der Waals surface area contributed by atoms with E-state index >= 15 is 0 Å². The third-order valence-electron chi connectivity index (χ3n) is 1.95. The van der Waals surface area contributed by atoms with Gasteiger partial charge in [-0.3, -0.25) is 4.68 Å². The van der Waals surface area contributed by atoms with Crippen LogP contribution in [0.3, 0.4) is 0 Å². The van der Waals surface area contributed by atoms with Gasteiger partial charge in [-0.1, -0.05) is 0 Å². The summed E-state index contributed by atoms with van der Waals surface area (Å²) < 4.78 is 26.1. The molecule has 1 aromatic heterocycles. The van der Waals surface area contributed by atoms with Crippen LogP contribution in [-0.4, -0.2) is 37.5 Å². The van der Waals surface area contributed by atoms with Crippen molar-refractivity contribution < 1.29 is 8.42 Å². The zero-order valence-electron chi connectivity index (χ0n) is 8.90. The third kappa shape index (κ3) is 4.41. The molecule has 0 saturated heterocycles. The minimum atomic E-state index is -3.10. The van der Waals surface area contributed by atoms with E-state index in [1.807, 2.05) is 13.2 Å². The van der Waals surface area contributed by atoms with Crippen molar-refractivity contribution in [1.82, 2.24) is 19.8 Å². The monoisotopic (exact) mass is 232 g/mol. The fourth-order valence-corrected chi connectivity index (χ4v) is 1.72. The van der Waals surface area contributed by atoms with E-state index in [2.05, 4.69) is 15.1 Å². The van der Waals surface area contributed by atoms with Gasteiger partial charge in [-0.05, 0) is 7.05 Å². The maximum absolute atomic E-state index is 11.0. The molecule has 0 saturated carbocycles. The molecule has 0 aromatic carbocycles. The van der Waals surface area contributed by atoms with Crippen LogP contribution in [0.4, 0.5) is 0 Å². The van der Waals surface area contributed by atoms with Gasteiger partial charge < -0.3 is 5.32 Å². The molecule has 1 aromatic rings. The molecule has 0 aliphatic heterocycles. The summed E-state index contributed by atoms with van der Waals surface area (Å²) in [7, 11) is 0.153. The summed E-state index contributed by atoms with van der Waals surface area (Å²) in [6, 6.07) is 0. The van der Waals surface area contributed by atoms with Crippen molar-refractivity contribution in [2.45, 2.75) is 6.54 Å². The van der Waals surface area contributed by atoms with Crippen LogP contribution in [0.25, 0.3) is 0 Å². The zero-order chi connectivity index (χ0) is 11.3. The first kappa shape index (κ1) is 12.2. The summed E-state index contributed by atoms with van der Waals surface area (Å²) >= 11 is 0. The van der Waals surface area contributed by atoms with Gasteiger partial charge in [0.05, 0.1) is 11.9 Å². The zero-order valence-corrected chi connectivity index (χ0v) is 9.71. The highest BCUT2D eigenvalue weighted by Crippen LogP contribution is 1.94. The second-order valence-electron chi connectivity index (χ2n) is 3.22. The predicted molar refractivity (Wildman–Crippen MR) is 57.8 cm³/mol. The Morgan fingerprint density at radius 3 is 2.80 bits per heavy atom. The summed E-state index contributed by atoms with van der Waals surface area (Å²) in [5, 5.41) is 7.04. The molecule has 1 rings (SSSR count). The second-order valence-corrected chi connectivity index (χ2v) is 5.27. The number of hydrogen-bond donors (Lipinski definition) is 2. The van der Waals surface area contributed by atoms with Gasteiger partial charge in [0.15, 0.2) is 0 Å². The molecule has 1 heterocycles. The Morgan fingerprint density at radius 2 is 2.27 bits per heavy atom. The highest BCUT2D eigenvalue weighted by molar-refractivity contribution is 7.89. The van der Waals surface area contributed by atoms with E-state index in [0.717, 1.165) is 5.56 Å². The van der Waals surface area contributed by atoms with Crippen LogP contribution in [0.2, 0.25) is 0 Å². The van der Waals surface area contributed by atoms with E-state index in [1.165, 1.54) is 7.05 Å². The Balaban J connectivity index is 2.23. The lowest BCUT2D eigenvalue weighted by molar-refractivity contribution is 0.583. The Morgan fingerprint density at radius 1 is 1.53 bits per heavy atom. The maximum atomic E-state index is 11.0. The quantitative estimate of drug-likeness (QED) is 0.621. The summed E-state index contributed by atoms with van der Waals surface area (Å²) in [5.41, 5.74) is 1.04. The van der Waals surface area contributed by atoms with Gasteiger partial charge >= 0.3 is 0 Å². The largest absolute Gasteiger partial charge is 0.311 e. The van der Waals surface area contributed by atoms with Crippen molar-refractivity contribution in [3.8, 4) is 0 Å². The number of rotatable bonds is 6. The molecule has 6 nitrogen and oxygen atoms in total. The normalized spacial score (nSPS) is 11.9. The molecule has 0 spiro atoms. The van der Waals surface area contributed by atoms with E-state index in [9.17, 15) is 8.42 Å². The van der Waals surface area contributed by atoms with Crippen LogP contribution in [0.1, 0.15) is 5.56 Å². The number of nitrogens with one attached hydrogen (secondary N) is 2. The van der Waals surface area contributed by atoms with Gasteiger partial charge in [0.2, 0.25) is 10.0 Å². The average Bonchev–Trinajstić information content (AvgIpc) is 2.59. The second kappa shape index (κ2) is 5.24. The SMILES string of the molecule is CNS(=O)(=O)CCNCc1cnn(C)c1. The van der Waals surface area contributed by atoms with Gasteiger partial charge in [0.25, 0.3) is 0 Å². The topological polar surface area (TPSA) is 76.0 Å². The Labute approximate surface area is 89.7 Å². The van der Waals surface area contributed by atoms with Gasteiger partial charge in [-0.2, -0.15) is 5.10 Å². The Bertz CT molecular complexity index is 399. The third-order valence-corrected chi connectivity index (χ3v) is 3.31. The molecule has 0 unspecified atom stereocenters. The van der Waals surface area contributed by atoms with E-state index in [0.29, 0.717) is 13.1 Å². The molecule has 0 aliphatic carbocycles. The first-order valence-corrected chi connectivity index (χ1v) is 6.28. The van der Waals surface area contributed by atoms with Crippen LogP contribution in [0.5, 0.6) is 0 Å². The number of nitrogens with zero attached hydrogens (tertiary/aromatic N) is 2. The first-order valence-electron chi connectivity index (χ1n) is 4.63. The van der Waals surface area contributed by atoms with Crippen molar-refractivity contribution in [3.05, 3.63) is 18.0 Å². The van der Waals surface area contributed by atoms with E-state index in [4.69, 9.17) is 0 Å². The van der Waals surface area contributed by atoms with Gasteiger partial charge in [0, 0.05) is 31.9 Å². The summed E-state index contributed by atoms with van der Waals surface area (Å²) in [4.78, 5) is 0. The summed E-state index contributed by atoms with van der Waals surface area (Å²) in [6.45, 7) is 1.06. The van der Waals surface area contributed by atoms with E-state index in [1.54, 1.807) is 10.9 Å². The molecule has 0 atom stereocenters. The van der Waals surface area contributed by atoms with E-state index in [-0.39, 0.29) is 5.75 Å². The number of sulfonamides is 1. The molecular formula is C8H16N4O2S. The molecule has 0 radical (unpaired) electrons. The van der Waals surface area contributed by atoms with Crippen molar-refractivity contribution in [2.75, 3.05) is 19.3 Å². The number of aromatic nitrogens is 2. The van der Waals surface area contributed by atoms with Crippen molar-refractivity contribution >= 4 is 10.0 Å². The molecule has 0 amide bonds. The minimum absolute atomic E-state index is 0.0871. The number of hydrogen-bond acceptors (Lipinski definition) is 4. The van der Waals surface area contributed by atoms with Crippen LogP contribution < -0.4 is 10.0 Å². The molecule has 15 heavy (non-hydrogen) atoms. The smallest absolute Gasteiger partial charge is 0.212 e. The van der Waals surface area contributed by atoms with Crippen molar-refractivity contribution in [1.29, 1.82) is 0 Å². The fourth-order valence-electron chi connectivity index (χ4n) is 1.10. The summed E-state index contributed by atoms with van der Waals surface area (Å²) in [5.74, 6) is 0.0871. The lowest BCUT2D eigenvalue weighted by Crippen LogP contribution is -2.29. The van der Waals surface area contributed by atoms with E-state index < -0.39 is 10.0 Å². The predicted octanol–water partition coefficient (Wildman–Crippen LogP) is -0.941. The molecule has 0 aliphatic rings. The first-order chi connectivity index (χ1) is 7.03. The lowest BCUT2D eigenvalue weighted by Gasteiger charge is -2.03. The van der Waals surface area contributed by atoms with Crippen LogP contribution >= 0.6 is 0 Å². The molecule has 7 heteroatoms. The van der Waals surface area contributed by atoms with Crippen LogP contribution in [0.15, 0.2) is 12.4 Å². The van der Waals surface area contributed by atoms with Crippen molar-refractivity contribution in [3.63, 3.8) is 0 Å². The molecule has 0 bridgehead atoms. The minimum Gasteiger partial charge on any atom is -0.311 e. The van der Waals surface area contributed by atoms with Gasteiger partial charge in [-0.15, -0.1) is 0 Å². The average molecular weight is 232 g/mol. The Kier molecular flexibility index (Phi) is 4.25. The Hall–Kier alpha value is -0.920. The van der Waals surface area contributed by atoms with Crippen LogP contribution in [-0.2, 0) is 23.6 Å². The lowest BCUT2D eigenvalue weighted by atomic mass is 10.3. The highest BCUT2D eigenvalue weighted by atomic mass is 32.2. The van der Waals surface area contributed by atoms with Gasteiger partial charge in [0.1, 0.15) is 0 Å². The van der Waals surface area contributed by atoms with Crippen molar-refractivity contribution in [2.24, 2.45) is 7.05 Å². The standard InChI is InChI=1S/C8H16N4O2S/c1-9-15(13,14)4-3-10-5-8-6-11-12(2)7-8/h6-7,9-10H,3-5H2,1-2H3. The molecule has 86 valence electrons. The van der Waals surface area contributed by atoms with Crippen LogP contribution in [0, 0.1) is 0 Å². The summed E-state index contributed by atoms with van der Waals surface area (Å²) in [6.07, 6.45) is 3.64. The number of aryl methyl sites for hydroxylation is 1. The fraction of sp³-hybridized carbons (Fsp3) is 0.625. The molecule has 2 N–H and O–H groups in total. The molecular weight excluding hydrogens is 216 g/mol. The van der Waals surface area contributed by atoms with Gasteiger partial charge in [-0.25, -0.2) is 13.1 Å². The highest BCUT2D eigenvalue weighted by Gasteiger charge is 2.05.